The second kappa shape index (κ2) is 9.67. The quantitative estimate of drug-likeness (QED) is 0.513. The van der Waals surface area contributed by atoms with Crippen molar-refractivity contribution in [3.8, 4) is 0 Å². The summed E-state index contributed by atoms with van der Waals surface area (Å²) in [5.41, 5.74) is 6.24. The van der Waals surface area contributed by atoms with E-state index in [0.717, 1.165) is 25.8 Å². The number of nitrogens with zero attached hydrogens (tertiary/aromatic N) is 3. The minimum Gasteiger partial charge on any atom is -0.383 e. The molecule has 9 heteroatoms. The average molecular weight is 415 g/mol. The SMILES string of the molecule is COC(C)(C)C.N=C(Br)c1c(N)ncnc1NC1CCCN(C=O)C1. The van der Waals surface area contributed by atoms with Gasteiger partial charge in [0.2, 0.25) is 6.41 Å². The van der Waals surface area contributed by atoms with Crippen molar-refractivity contribution in [2.45, 2.75) is 45.3 Å². The molecule has 1 saturated heterocycles. The number of piperidine rings is 1. The minimum atomic E-state index is 0.0417. The van der Waals surface area contributed by atoms with Crippen LogP contribution < -0.4 is 11.1 Å². The van der Waals surface area contributed by atoms with Gasteiger partial charge in [-0.25, -0.2) is 9.97 Å². The number of hydrogen-bond acceptors (Lipinski definition) is 7. The van der Waals surface area contributed by atoms with Crippen LogP contribution in [0.15, 0.2) is 6.33 Å². The highest BCUT2D eigenvalue weighted by atomic mass is 79.9. The Morgan fingerprint density at radius 2 is 2.16 bits per heavy atom. The molecule has 2 rings (SSSR count). The van der Waals surface area contributed by atoms with Crippen LogP contribution in [0.1, 0.15) is 39.2 Å². The first kappa shape index (κ1) is 21.3. The Balaban J connectivity index is 0.000000450. The first-order valence-corrected chi connectivity index (χ1v) is 8.83. The van der Waals surface area contributed by atoms with E-state index in [2.05, 4.69) is 31.2 Å². The number of likely N-dealkylation sites (tertiary alicyclic amines) is 1. The number of aromatic nitrogens is 2. The Kier molecular flexibility index (Phi) is 8.24. The smallest absolute Gasteiger partial charge is 0.209 e. The van der Waals surface area contributed by atoms with Crippen LogP contribution >= 0.6 is 15.9 Å². The number of rotatable bonds is 4. The van der Waals surface area contributed by atoms with Gasteiger partial charge in [-0.2, -0.15) is 0 Å². The molecular formula is C16H27BrN6O2. The fourth-order valence-corrected chi connectivity index (χ4v) is 2.53. The van der Waals surface area contributed by atoms with Crippen LogP contribution in [-0.4, -0.2) is 57.7 Å². The molecule has 1 aliphatic heterocycles. The van der Waals surface area contributed by atoms with Crippen molar-refractivity contribution in [2.24, 2.45) is 0 Å². The molecular weight excluding hydrogens is 388 g/mol. The number of nitrogen functional groups attached to an aromatic ring is 1. The zero-order chi connectivity index (χ0) is 19.0. The molecule has 0 radical (unpaired) electrons. The summed E-state index contributed by atoms with van der Waals surface area (Å²) in [5, 5.41) is 10.9. The molecule has 1 fully saturated rings. The normalized spacial score (nSPS) is 17.3. The molecule has 1 unspecified atom stereocenters. The molecule has 1 aromatic rings. The minimum absolute atomic E-state index is 0.0417. The Bertz CT molecular complexity index is 590. The Morgan fingerprint density at radius 3 is 2.68 bits per heavy atom. The van der Waals surface area contributed by atoms with E-state index in [1.54, 1.807) is 12.0 Å². The number of carbonyl (C=O) groups is 1. The fraction of sp³-hybridized carbons (Fsp3) is 0.625. The van der Waals surface area contributed by atoms with E-state index < -0.39 is 0 Å². The van der Waals surface area contributed by atoms with E-state index in [0.29, 0.717) is 17.9 Å². The Morgan fingerprint density at radius 1 is 1.52 bits per heavy atom. The maximum atomic E-state index is 10.8. The first-order chi connectivity index (χ1) is 11.7. The summed E-state index contributed by atoms with van der Waals surface area (Å²) in [4.78, 5) is 20.5. The average Bonchev–Trinajstić information content (AvgIpc) is 2.54. The van der Waals surface area contributed by atoms with Crippen LogP contribution in [0.2, 0.25) is 0 Å². The van der Waals surface area contributed by atoms with E-state index in [1.165, 1.54) is 6.33 Å². The predicted octanol–water partition coefficient (Wildman–Crippen LogP) is 2.24. The van der Waals surface area contributed by atoms with Gasteiger partial charge in [0.1, 0.15) is 22.6 Å². The number of methoxy groups -OCH3 is 1. The number of hydrogen-bond donors (Lipinski definition) is 3. The zero-order valence-corrected chi connectivity index (χ0v) is 16.8. The van der Waals surface area contributed by atoms with Crippen molar-refractivity contribution in [1.82, 2.24) is 14.9 Å². The maximum Gasteiger partial charge on any atom is 0.209 e. The third kappa shape index (κ3) is 7.35. The van der Waals surface area contributed by atoms with Crippen LogP contribution in [0.5, 0.6) is 0 Å². The molecule has 1 atom stereocenters. The molecule has 1 aromatic heterocycles. The first-order valence-electron chi connectivity index (χ1n) is 8.04. The summed E-state index contributed by atoms with van der Waals surface area (Å²) in [6.45, 7) is 7.48. The molecule has 2 heterocycles. The van der Waals surface area contributed by atoms with Crippen LogP contribution in [0.25, 0.3) is 0 Å². The Labute approximate surface area is 157 Å². The number of ether oxygens (including phenoxy) is 1. The van der Waals surface area contributed by atoms with Gasteiger partial charge in [0.25, 0.3) is 0 Å². The summed E-state index contributed by atoms with van der Waals surface area (Å²) in [6, 6.07) is 0.110. The topological polar surface area (TPSA) is 117 Å². The summed E-state index contributed by atoms with van der Waals surface area (Å²) >= 11 is 3.09. The highest BCUT2D eigenvalue weighted by Crippen LogP contribution is 2.22. The molecule has 0 spiro atoms. The van der Waals surface area contributed by atoms with Crippen LogP contribution in [0.4, 0.5) is 11.6 Å². The maximum absolute atomic E-state index is 10.8. The molecule has 1 amide bonds. The highest BCUT2D eigenvalue weighted by molar-refractivity contribution is 9.18. The van der Waals surface area contributed by atoms with Crippen LogP contribution in [0.3, 0.4) is 0 Å². The third-order valence-corrected chi connectivity index (χ3v) is 4.05. The summed E-state index contributed by atoms with van der Waals surface area (Å²) in [5.74, 6) is 0.773. The largest absolute Gasteiger partial charge is 0.383 e. The number of nitrogens with two attached hydrogens (primary N) is 1. The molecule has 0 aliphatic carbocycles. The molecule has 0 saturated carbocycles. The Hall–Kier alpha value is -1.74. The van der Waals surface area contributed by atoms with Crippen molar-refractivity contribution >= 4 is 38.6 Å². The standard InChI is InChI=1S/C11H15BrN6O.C5H12O/c12-9(13)8-10(14)15-5-16-11(8)17-7-2-1-3-18(4-7)6-19;1-5(2,3)6-4/h5-7,13H,1-4H2,(H3,14,15,16,17);1-4H3. The molecule has 1 aliphatic rings. The number of halogens is 1. The fourth-order valence-electron chi connectivity index (χ4n) is 2.14. The predicted molar refractivity (Wildman–Crippen MR) is 103 cm³/mol. The second-order valence-electron chi connectivity index (χ2n) is 6.70. The van der Waals surface area contributed by atoms with Gasteiger partial charge < -0.3 is 20.7 Å². The molecule has 0 aromatic carbocycles. The second-order valence-corrected chi connectivity index (χ2v) is 7.49. The number of carbonyl (C=O) groups excluding carboxylic acids is 1. The van der Waals surface area contributed by atoms with Crippen LogP contribution in [-0.2, 0) is 9.53 Å². The van der Waals surface area contributed by atoms with E-state index in [-0.39, 0.29) is 22.1 Å². The lowest BCUT2D eigenvalue weighted by molar-refractivity contribution is -0.119. The summed E-state index contributed by atoms with van der Waals surface area (Å²) < 4.78 is 5.07. The molecule has 25 heavy (non-hydrogen) atoms. The lowest BCUT2D eigenvalue weighted by atomic mass is 10.1. The van der Waals surface area contributed by atoms with Gasteiger partial charge in [0, 0.05) is 26.2 Å². The van der Waals surface area contributed by atoms with Gasteiger partial charge in [-0.05, 0) is 49.5 Å². The van der Waals surface area contributed by atoms with Crippen molar-refractivity contribution in [3.63, 3.8) is 0 Å². The zero-order valence-electron chi connectivity index (χ0n) is 15.2. The van der Waals surface area contributed by atoms with Crippen LogP contribution in [0, 0.1) is 5.41 Å². The van der Waals surface area contributed by atoms with Gasteiger partial charge >= 0.3 is 0 Å². The highest BCUT2D eigenvalue weighted by Gasteiger charge is 2.21. The van der Waals surface area contributed by atoms with Crippen molar-refractivity contribution < 1.29 is 9.53 Å². The van der Waals surface area contributed by atoms with Gasteiger partial charge in [-0.3, -0.25) is 10.2 Å². The van der Waals surface area contributed by atoms with Crippen molar-refractivity contribution in [2.75, 3.05) is 31.2 Å². The van der Waals surface area contributed by atoms with Gasteiger partial charge in [-0.1, -0.05) is 0 Å². The monoisotopic (exact) mass is 414 g/mol. The lowest BCUT2D eigenvalue weighted by Gasteiger charge is -2.31. The molecule has 4 N–H and O–H groups in total. The van der Waals surface area contributed by atoms with E-state index >= 15 is 0 Å². The molecule has 140 valence electrons. The van der Waals surface area contributed by atoms with Gasteiger partial charge in [0.05, 0.1) is 11.2 Å². The van der Waals surface area contributed by atoms with E-state index in [4.69, 9.17) is 15.9 Å². The number of anilines is 2. The van der Waals surface area contributed by atoms with Gasteiger partial charge in [0.15, 0.2) is 0 Å². The molecule has 0 bridgehead atoms. The van der Waals surface area contributed by atoms with E-state index in [9.17, 15) is 4.79 Å². The molecule has 8 nitrogen and oxygen atoms in total. The number of nitrogens with one attached hydrogen (secondary N) is 2. The third-order valence-electron chi connectivity index (χ3n) is 3.65. The summed E-state index contributed by atoms with van der Waals surface area (Å²) in [7, 11) is 1.71. The summed E-state index contributed by atoms with van der Waals surface area (Å²) in [6.07, 6.45) is 4.11. The van der Waals surface area contributed by atoms with Crippen molar-refractivity contribution in [1.29, 1.82) is 5.41 Å². The lowest BCUT2D eigenvalue weighted by Crippen LogP contribution is -2.41. The van der Waals surface area contributed by atoms with E-state index in [1.807, 2.05) is 20.8 Å². The van der Waals surface area contributed by atoms with Crippen molar-refractivity contribution in [3.05, 3.63) is 11.9 Å². The van der Waals surface area contributed by atoms with Gasteiger partial charge in [-0.15, -0.1) is 0 Å². The number of amides is 1.